The first-order valence-electron chi connectivity index (χ1n) is 7.72. The monoisotopic (exact) mass is 332 g/mol. The molecule has 1 aromatic heterocycles. The lowest BCUT2D eigenvalue weighted by Crippen LogP contribution is -2.37. The number of hydrogen-bond donors (Lipinski definition) is 2. The molecule has 1 atom stereocenters. The van der Waals surface area contributed by atoms with E-state index >= 15 is 0 Å². The third kappa shape index (κ3) is 5.49. The smallest absolute Gasteiger partial charge is 0.222 e. The average molecular weight is 332 g/mol. The summed E-state index contributed by atoms with van der Waals surface area (Å²) in [7, 11) is 1.79. The predicted octanol–water partition coefficient (Wildman–Crippen LogP) is 0.952. The van der Waals surface area contributed by atoms with Gasteiger partial charge < -0.3 is 11.1 Å². The number of primary amides is 1. The largest absolute Gasteiger partial charge is 0.369 e. The highest BCUT2D eigenvalue weighted by Crippen LogP contribution is 2.08. The van der Waals surface area contributed by atoms with Crippen molar-refractivity contribution in [3.63, 3.8) is 0 Å². The van der Waals surface area contributed by atoms with Gasteiger partial charge in [-0.15, -0.1) is 0 Å². The number of carbonyl (C=O) groups is 2. The number of hydrogen-bond acceptors (Lipinski definition) is 3. The number of aryl methyl sites for hydroxylation is 2. The van der Waals surface area contributed by atoms with Gasteiger partial charge in [-0.2, -0.15) is 5.10 Å². The fraction of sp³-hybridized carbons (Fsp3) is 0.353. The molecule has 1 aromatic carbocycles. The van der Waals surface area contributed by atoms with Crippen LogP contribution < -0.4 is 11.1 Å². The molecule has 0 fully saturated rings. The van der Waals surface area contributed by atoms with Crippen molar-refractivity contribution in [2.24, 2.45) is 18.7 Å². The van der Waals surface area contributed by atoms with E-state index in [0.29, 0.717) is 12.8 Å². The molecule has 0 bridgehead atoms. The molecule has 128 valence electrons. The molecule has 0 unspecified atom stereocenters. The second-order valence-corrected chi connectivity index (χ2v) is 5.76. The quantitative estimate of drug-likeness (QED) is 0.754. The van der Waals surface area contributed by atoms with E-state index in [4.69, 9.17) is 5.73 Å². The van der Waals surface area contributed by atoms with E-state index in [9.17, 15) is 14.0 Å². The van der Waals surface area contributed by atoms with Gasteiger partial charge >= 0.3 is 0 Å². The minimum absolute atomic E-state index is 0.173. The van der Waals surface area contributed by atoms with E-state index in [1.54, 1.807) is 30.1 Å². The highest BCUT2D eigenvalue weighted by atomic mass is 19.1. The molecule has 0 saturated heterocycles. The summed E-state index contributed by atoms with van der Waals surface area (Å²) in [6.07, 6.45) is 4.56. The number of carbonyl (C=O) groups excluding carboxylic acids is 2. The first-order valence-corrected chi connectivity index (χ1v) is 7.72. The highest BCUT2D eigenvalue weighted by molar-refractivity contribution is 5.80. The number of rotatable bonds is 8. The van der Waals surface area contributed by atoms with E-state index in [0.717, 1.165) is 11.1 Å². The van der Waals surface area contributed by atoms with Gasteiger partial charge in [0.15, 0.2) is 0 Å². The number of halogens is 1. The average Bonchev–Trinajstić information content (AvgIpc) is 2.94. The molecule has 0 radical (unpaired) electrons. The Hall–Kier alpha value is -2.70. The van der Waals surface area contributed by atoms with Gasteiger partial charge in [0.1, 0.15) is 5.82 Å². The highest BCUT2D eigenvalue weighted by Gasteiger charge is 2.18. The Morgan fingerprint density at radius 1 is 1.38 bits per heavy atom. The molecule has 0 aliphatic carbocycles. The van der Waals surface area contributed by atoms with Gasteiger partial charge in [-0.05, 0) is 36.1 Å². The second-order valence-electron chi connectivity index (χ2n) is 5.76. The van der Waals surface area contributed by atoms with Crippen molar-refractivity contribution < 1.29 is 14.0 Å². The number of nitrogens with one attached hydrogen (secondary N) is 1. The van der Waals surface area contributed by atoms with Crippen LogP contribution in [0.25, 0.3) is 0 Å². The SMILES string of the molecule is Cn1cc(C[C@@H](CNC(=O)CCc2cccc(F)c2)C(N)=O)cn1. The van der Waals surface area contributed by atoms with Crippen molar-refractivity contribution in [1.29, 1.82) is 0 Å². The van der Waals surface area contributed by atoms with E-state index in [2.05, 4.69) is 10.4 Å². The second kappa shape index (κ2) is 8.24. The van der Waals surface area contributed by atoms with Crippen LogP contribution in [0.15, 0.2) is 36.7 Å². The number of nitrogens with two attached hydrogens (primary N) is 1. The first-order chi connectivity index (χ1) is 11.4. The van der Waals surface area contributed by atoms with Gasteiger partial charge in [-0.25, -0.2) is 4.39 Å². The van der Waals surface area contributed by atoms with Gasteiger partial charge in [0, 0.05) is 26.2 Å². The van der Waals surface area contributed by atoms with Crippen molar-refractivity contribution in [2.45, 2.75) is 19.3 Å². The zero-order valence-electron chi connectivity index (χ0n) is 13.5. The minimum Gasteiger partial charge on any atom is -0.369 e. The summed E-state index contributed by atoms with van der Waals surface area (Å²) in [5.74, 6) is -1.48. The number of nitrogens with zero attached hydrogens (tertiary/aromatic N) is 2. The van der Waals surface area contributed by atoms with Crippen LogP contribution in [0, 0.1) is 11.7 Å². The Bertz CT molecular complexity index is 714. The van der Waals surface area contributed by atoms with E-state index in [-0.39, 0.29) is 24.7 Å². The van der Waals surface area contributed by atoms with Crippen LogP contribution in [0.3, 0.4) is 0 Å². The lowest BCUT2D eigenvalue weighted by atomic mass is 10.0. The summed E-state index contributed by atoms with van der Waals surface area (Å²) in [6.45, 7) is 0.173. The van der Waals surface area contributed by atoms with Gasteiger partial charge in [0.05, 0.1) is 12.1 Å². The number of aromatic nitrogens is 2. The summed E-state index contributed by atoms with van der Waals surface area (Å²) in [6, 6.07) is 6.14. The molecule has 0 aliphatic heterocycles. The molecular formula is C17H21FN4O2. The molecular weight excluding hydrogens is 311 g/mol. The van der Waals surface area contributed by atoms with Crippen LogP contribution in [-0.2, 0) is 29.5 Å². The molecule has 2 amide bonds. The van der Waals surface area contributed by atoms with Crippen LogP contribution in [0.5, 0.6) is 0 Å². The molecule has 3 N–H and O–H groups in total. The number of amides is 2. The van der Waals surface area contributed by atoms with Crippen LogP contribution in [0.1, 0.15) is 17.5 Å². The van der Waals surface area contributed by atoms with E-state index in [1.165, 1.54) is 12.1 Å². The van der Waals surface area contributed by atoms with Crippen LogP contribution in [0.4, 0.5) is 4.39 Å². The predicted molar refractivity (Wildman–Crippen MR) is 87.3 cm³/mol. The Labute approximate surface area is 139 Å². The fourth-order valence-electron chi connectivity index (χ4n) is 2.41. The van der Waals surface area contributed by atoms with Crippen molar-refractivity contribution in [2.75, 3.05) is 6.54 Å². The maximum atomic E-state index is 13.1. The van der Waals surface area contributed by atoms with Crippen molar-refractivity contribution in [3.8, 4) is 0 Å². The topological polar surface area (TPSA) is 90.0 Å². The number of benzene rings is 1. The lowest BCUT2D eigenvalue weighted by Gasteiger charge is -2.13. The molecule has 2 aromatic rings. The van der Waals surface area contributed by atoms with Gasteiger partial charge in [-0.1, -0.05) is 12.1 Å². The summed E-state index contributed by atoms with van der Waals surface area (Å²) < 4.78 is 14.7. The third-order valence-electron chi connectivity index (χ3n) is 3.72. The summed E-state index contributed by atoms with van der Waals surface area (Å²) in [5.41, 5.74) is 7.04. The van der Waals surface area contributed by atoms with Crippen molar-refractivity contribution in [1.82, 2.24) is 15.1 Å². The molecule has 0 saturated carbocycles. The van der Waals surface area contributed by atoms with Gasteiger partial charge in [-0.3, -0.25) is 14.3 Å². The first kappa shape index (κ1) is 17.7. The van der Waals surface area contributed by atoms with Crippen LogP contribution >= 0.6 is 0 Å². The molecule has 7 heteroatoms. The zero-order valence-corrected chi connectivity index (χ0v) is 13.5. The van der Waals surface area contributed by atoms with Crippen molar-refractivity contribution in [3.05, 3.63) is 53.6 Å². The maximum Gasteiger partial charge on any atom is 0.222 e. The van der Waals surface area contributed by atoms with Crippen molar-refractivity contribution >= 4 is 11.8 Å². The zero-order chi connectivity index (χ0) is 17.5. The normalized spacial score (nSPS) is 11.9. The summed E-state index contributed by atoms with van der Waals surface area (Å²) >= 11 is 0. The Morgan fingerprint density at radius 2 is 2.17 bits per heavy atom. The van der Waals surface area contributed by atoms with Crippen LogP contribution in [-0.4, -0.2) is 28.1 Å². The van der Waals surface area contributed by atoms with E-state index < -0.39 is 11.8 Å². The maximum absolute atomic E-state index is 13.1. The standard InChI is InChI=1S/C17H21FN4O2/c1-22-11-13(9-21-22)7-14(17(19)24)10-20-16(23)6-5-12-3-2-4-15(18)8-12/h2-4,8-9,11,14H,5-7,10H2,1H3,(H2,19,24)(H,20,23)/t14-/m0/s1. The van der Waals surface area contributed by atoms with Gasteiger partial charge in [0.2, 0.25) is 11.8 Å². The molecule has 6 nitrogen and oxygen atoms in total. The molecule has 0 spiro atoms. The Morgan fingerprint density at radius 3 is 2.79 bits per heavy atom. The molecule has 2 rings (SSSR count). The molecule has 0 aliphatic rings. The Kier molecular flexibility index (Phi) is 6.06. The van der Waals surface area contributed by atoms with Crippen LogP contribution in [0.2, 0.25) is 0 Å². The molecule has 1 heterocycles. The van der Waals surface area contributed by atoms with Gasteiger partial charge in [0.25, 0.3) is 0 Å². The Balaban J connectivity index is 1.80. The minimum atomic E-state index is -0.493. The lowest BCUT2D eigenvalue weighted by molar-refractivity contribution is -0.123. The summed E-state index contributed by atoms with van der Waals surface area (Å²) in [5, 5.41) is 6.76. The molecule has 24 heavy (non-hydrogen) atoms. The van der Waals surface area contributed by atoms with E-state index in [1.807, 2.05) is 6.20 Å². The third-order valence-corrected chi connectivity index (χ3v) is 3.72. The summed E-state index contributed by atoms with van der Waals surface area (Å²) in [4.78, 5) is 23.5. The fourth-order valence-corrected chi connectivity index (χ4v) is 2.41.